The van der Waals surface area contributed by atoms with Gasteiger partial charge in [-0.05, 0) is 68.5 Å². The van der Waals surface area contributed by atoms with Crippen LogP contribution in [0.25, 0.3) is 6.08 Å². The standard InChI is InChI=1S/C21H24N2O2S/c1-14(2)22-21(25)19-13-17(9-5-15(19)3)23-20(24)12-8-16-6-10-18(26-4)11-7-16/h5-14H,1-4H3,(H,22,25)(H,23,24)/b12-8+. The van der Waals surface area contributed by atoms with Gasteiger partial charge in [-0.15, -0.1) is 11.8 Å². The Labute approximate surface area is 159 Å². The third kappa shape index (κ3) is 5.77. The molecule has 0 atom stereocenters. The van der Waals surface area contributed by atoms with Gasteiger partial charge in [0.15, 0.2) is 0 Å². The van der Waals surface area contributed by atoms with E-state index in [-0.39, 0.29) is 17.9 Å². The molecule has 2 aromatic rings. The zero-order valence-corrected chi connectivity index (χ0v) is 16.3. The first-order valence-corrected chi connectivity index (χ1v) is 9.66. The van der Waals surface area contributed by atoms with Crippen molar-refractivity contribution in [2.75, 3.05) is 11.6 Å². The van der Waals surface area contributed by atoms with Crippen molar-refractivity contribution >= 4 is 35.3 Å². The lowest BCUT2D eigenvalue weighted by Gasteiger charge is -2.12. The average Bonchev–Trinajstić information content (AvgIpc) is 2.61. The molecule has 136 valence electrons. The number of nitrogens with one attached hydrogen (secondary N) is 2. The molecule has 0 saturated heterocycles. The molecular weight excluding hydrogens is 344 g/mol. The molecule has 0 bridgehead atoms. The lowest BCUT2D eigenvalue weighted by molar-refractivity contribution is -0.111. The Morgan fingerprint density at radius 3 is 2.38 bits per heavy atom. The van der Waals surface area contributed by atoms with Crippen molar-refractivity contribution in [2.45, 2.75) is 31.7 Å². The third-order valence-corrected chi connectivity index (χ3v) is 4.46. The molecule has 2 N–H and O–H groups in total. The van der Waals surface area contributed by atoms with Gasteiger partial charge in [-0.1, -0.05) is 18.2 Å². The first-order valence-electron chi connectivity index (χ1n) is 8.43. The molecule has 0 spiro atoms. The van der Waals surface area contributed by atoms with Gasteiger partial charge in [0, 0.05) is 28.3 Å². The van der Waals surface area contributed by atoms with Crippen LogP contribution >= 0.6 is 11.8 Å². The fourth-order valence-corrected chi connectivity index (χ4v) is 2.76. The lowest BCUT2D eigenvalue weighted by atomic mass is 10.1. The topological polar surface area (TPSA) is 58.2 Å². The number of hydrogen-bond acceptors (Lipinski definition) is 3. The van der Waals surface area contributed by atoms with E-state index in [1.54, 1.807) is 30.0 Å². The summed E-state index contributed by atoms with van der Waals surface area (Å²) in [4.78, 5) is 25.6. The zero-order chi connectivity index (χ0) is 19.1. The van der Waals surface area contributed by atoms with Crippen LogP contribution < -0.4 is 10.6 Å². The van der Waals surface area contributed by atoms with Crippen LogP contribution in [0.15, 0.2) is 53.4 Å². The van der Waals surface area contributed by atoms with Gasteiger partial charge in [0.05, 0.1) is 0 Å². The largest absolute Gasteiger partial charge is 0.350 e. The third-order valence-electron chi connectivity index (χ3n) is 3.71. The summed E-state index contributed by atoms with van der Waals surface area (Å²) < 4.78 is 0. The van der Waals surface area contributed by atoms with Crippen molar-refractivity contribution in [1.29, 1.82) is 0 Å². The van der Waals surface area contributed by atoms with Crippen molar-refractivity contribution in [3.05, 3.63) is 65.2 Å². The predicted octanol–water partition coefficient (Wildman–Crippen LogP) is 4.51. The molecule has 5 heteroatoms. The molecule has 2 amide bonds. The van der Waals surface area contributed by atoms with Gasteiger partial charge < -0.3 is 10.6 Å². The Hall–Kier alpha value is -2.53. The van der Waals surface area contributed by atoms with Gasteiger partial charge in [0.2, 0.25) is 5.91 Å². The van der Waals surface area contributed by atoms with E-state index in [2.05, 4.69) is 10.6 Å². The molecule has 0 aliphatic carbocycles. The number of carbonyl (C=O) groups excluding carboxylic acids is 2. The zero-order valence-electron chi connectivity index (χ0n) is 15.5. The summed E-state index contributed by atoms with van der Waals surface area (Å²) in [5.41, 5.74) is 2.98. The number of amides is 2. The second-order valence-corrected chi connectivity index (χ2v) is 7.13. The SMILES string of the molecule is CSc1ccc(/C=C/C(=O)Nc2ccc(C)c(C(=O)NC(C)C)c2)cc1. The maximum atomic E-state index is 12.2. The first kappa shape index (κ1) is 19.8. The Balaban J connectivity index is 2.06. The summed E-state index contributed by atoms with van der Waals surface area (Å²) in [7, 11) is 0. The van der Waals surface area contributed by atoms with Gasteiger partial charge in [-0.25, -0.2) is 0 Å². The number of rotatable bonds is 6. The van der Waals surface area contributed by atoms with E-state index in [4.69, 9.17) is 0 Å². The van der Waals surface area contributed by atoms with Gasteiger partial charge in [-0.2, -0.15) is 0 Å². The van der Waals surface area contributed by atoms with Gasteiger partial charge in [-0.3, -0.25) is 9.59 Å². The highest BCUT2D eigenvalue weighted by Gasteiger charge is 2.11. The van der Waals surface area contributed by atoms with E-state index in [1.807, 2.05) is 57.4 Å². The molecule has 0 heterocycles. The maximum absolute atomic E-state index is 12.2. The van der Waals surface area contributed by atoms with E-state index >= 15 is 0 Å². The molecule has 0 saturated carbocycles. The quantitative estimate of drug-likeness (QED) is 0.583. The molecule has 0 fully saturated rings. The van der Waals surface area contributed by atoms with Crippen molar-refractivity contribution in [2.24, 2.45) is 0 Å². The van der Waals surface area contributed by atoms with Crippen LogP contribution in [-0.4, -0.2) is 24.1 Å². The van der Waals surface area contributed by atoms with E-state index in [1.165, 1.54) is 11.0 Å². The van der Waals surface area contributed by atoms with Crippen molar-refractivity contribution in [3.63, 3.8) is 0 Å². The highest BCUT2D eigenvalue weighted by molar-refractivity contribution is 7.98. The predicted molar refractivity (Wildman–Crippen MR) is 110 cm³/mol. The number of hydrogen-bond donors (Lipinski definition) is 2. The number of aryl methyl sites for hydroxylation is 1. The van der Waals surface area contributed by atoms with Crippen LogP contribution in [-0.2, 0) is 4.79 Å². The fourth-order valence-electron chi connectivity index (χ4n) is 2.36. The molecule has 4 nitrogen and oxygen atoms in total. The van der Waals surface area contributed by atoms with E-state index < -0.39 is 0 Å². The molecule has 2 aromatic carbocycles. The normalized spacial score (nSPS) is 11.0. The fraction of sp³-hybridized carbons (Fsp3) is 0.238. The summed E-state index contributed by atoms with van der Waals surface area (Å²) in [5, 5.41) is 5.67. The van der Waals surface area contributed by atoms with Crippen molar-refractivity contribution < 1.29 is 9.59 Å². The second kappa shape index (κ2) is 9.25. The molecule has 2 rings (SSSR count). The molecule has 0 radical (unpaired) electrons. The highest BCUT2D eigenvalue weighted by atomic mass is 32.2. The Morgan fingerprint density at radius 2 is 1.77 bits per heavy atom. The van der Waals surface area contributed by atoms with E-state index in [9.17, 15) is 9.59 Å². The van der Waals surface area contributed by atoms with Gasteiger partial charge >= 0.3 is 0 Å². The second-order valence-electron chi connectivity index (χ2n) is 6.25. The molecule has 0 aliphatic rings. The summed E-state index contributed by atoms with van der Waals surface area (Å²) in [6.45, 7) is 5.70. The summed E-state index contributed by atoms with van der Waals surface area (Å²) >= 11 is 1.68. The summed E-state index contributed by atoms with van der Waals surface area (Å²) in [5.74, 6) is -0.379. The van der Waals surface area contributed by atoms with Crippen molar-refractivity contribution in [1.82, 2.24) is 5.32 Å². The number of benzene rings is 2. The average molecular weight is 369 g/mol. The first-order chi connectivity index (χ1) is 12.4. The minimum atomic E-state index is -0.238. The smallest absolute Gasteiger partial charge is 0.251 e. The monoisotopic (exact) mass is 368 g/mol. The Morgan fingerprint density at radius 1 is 1.08 bits per heavy atom. The summed E-state index contributed by atoms with van der Waals surface area (Å²) in [6.07, 6.45) is 5.28. The molecule has 26 heavy (non-hydrogen) atoms. The molecular formula is C21H24N2O2S. The number of thioether (sulfide) groups is 1. The van der Waals surface area contributed by atoms with Crippen LogP contribution in [0.2, 0.25) is 0 Å². The van der Waals surface area contributed by atoms with Crippen LogP contribution in [0.5, 0.6) is 0 Å². The maximum Gasteiger partial charge on any atom is 0.251 e. The lowest BCUT2D eigenvalue weighted by Crippen LogP contribution is -2.30. The van der Waals surface area contributed by atoms with E-state index in [0.717, 1.165) is 11.1 Å². The number of carbonyl (C=O) groups is 2. The van der Waals surface area contributed by atoms with Gasteiger partial charge in [0.1, 0.15) is 0 Å². The molecule has 0 aliphatic heterocycles. The highest BCUT2D eigenvalue weighted by Crippen LogP contribution is 2.17. The minimum Gasteiger partial charge on any atom is -0.350 e. The minimum absolute atomic E-state index is 0.0561. The van der Waals surface area contributed by atoms with Crippen LogP contribution in [0.4, 0.5) is 5.69 Å². The number of anilines is 1. The molecule has 0 unspecified atom stereocenters. The van der Waals surface area contributed by atoms with Crippen LogP contribution in [0, 0.1) is 6.92 Å². The van der Waals surface area contributed by atoms with Crippen molar-refractivity contribution in [3.8, 4) is 0 Å². The van der Waals surface area contributed by atoms with Crippen LogP contribution in [0.1, 0.15) is 35.3 Å². The molecule has 0 aromatic heterocycles. The summed E-state index contributed by atoms with van der Waals surface area (Å²) in [6, 6.07) is 13.3. The van der Waals surface area contributed by atoms with Crippen LogP contribution in [0.3, 0.4) is 0 Å². The Bertz CT molecular complexity index is 811. The van der Waals surface area contributed by atoms with Gasteiger partial charge in [0.25, 0.3) is 5.91 Å². The van der Waals surface area contributed by atoms with E-state index in [0.29, 0.717) is 11.3 Å². The Kier molecular flexibility index (Phi) is 7.04.